The highest BCUT2D eigenvalue weighted by molar-refractivity contribution is 5.22. The number of fused-ring (bicyclic) bond motifs is 1. The predicted octanol–water partition coefficient (Wildman–Crippen LogP) is 2.20. The molecule has 92 valence electrons. The SMILES string of the molecule is Cc1cccc(CN2CC3CCC(O)C3C2)c1. The van der Waals surface area contributed by atoms with Crippen LogP contribution in [0.4, 0.5) is 0 Å². The minimum absolute atomic E-state index is 0.0393. The standard InChI is InChI=1S/C15H21NO/c1-11-3-2-4-12(7-11)8-16-9-13-5-6-15(17)14(13)10-16/h2-4,7,13-15,17H,5-6,8-10H2,1H3. The van der Waals surface area contributed by atoms with Crippen LogP contribution in [0.5, 0.6) is 0 Å². The monoisotopic (exact) mass is 231 g/mol. The molecule has 0 spiro atoms. The molecule has 3 atom stereocenters. The van der Waals surface area contributed by atoms with Gasteiger partial charge in [0.15, 0.2) is 0 Å². The number of aliphatic hydroxyl groups excluding tert-OH is 1. The molecule has 3 unspecified atom stereocenters. The van der Waals surface area contributed by atoms with Crippen LogP contribution in [0, 0.1) is 18.8 Å². The molecule has 2 aliphatic rings. The van der Waals surface area contributed by atoms with Crippen LogP contribution in [0.15, 0.2) is 24.3 Å². The minimum Gasteiger partial charge on any atom is -0.393 e. The van der Waals surface area contributed by atoms with E-state index in [2.05, 4.69) is 36.1 Å². The van der Waals surface area contributed by atoms with Crippen LogP contribution in [-0.4, -0.2) is 29.2 Å². The first-order chi connectivity index (χ1) is 8.22. The van der Waals surface area contributed by atoms with E-state index in [1.54, 1.807) is 0 Å². The largest absolute Gasteiger partial charge is 0.393 e. The van der Waals surface area contributed by atoms with Crippen molar-refractivity contribution in [2.24, 2.45) is 11.8 Å². The van der Waals surface area contributed by atoms with Crippen LogP contribution in [0.1, 0.15) is 24.0 Å². The molecule has 0 amide bonds. The average molecular weight is 231 g/mol. The van der Waals surface area contributed by atoms with E-state index >= 15 is 0 Å². The second-order valence-corrected chi connectivity index (χ2v) is 5.75. The number of likely N-dealkylation sites (tertiary alicyclic amines) is 1. The molecule has 1 aliphatic carbocycles. The number of hydrogen-bond acceptors (Lipinski definition) is 2. The van der Waals surface area contributed by atoms with Crippen molar-refractivity contribution in [2.75, 3.05) is 13.1 Å². The summed E-state index contributed by atoms with van der Waals surface area (Å²) in [4.78, 5) is 2.51. The number of hydrogen-bond donors (Lipinski definition) is 1. The van der Waals surface area contributed by atoms with Gasteiger partial charge in [0.25, 0.3) is 0 Å². The van der Waals surface area contributed by atoms with E-state index in [0.717, 1.165) is 25.4 Å². The van der Waals surface area contributed by atoms with Crippen LogP contribution in [0.25, 0.3) is 0 Å². The van der Waals surface area contributed by atoms with Crippen molar-refractivity contribution >= 4 is 0 Å². The third-order valence-corrected chi connectivity index (χ3v) is 4.38. The Bertz CT molecular complexity index is 404. The lowest BCUT2D eigenvalue weighted by Crippen LogP contribution is -2.24. The zero-order chi connectivity index (χ0) is 11.8. The molecular formula is C15H21NO. The summed E-state index contributed by atoms with van der Waals surface area (Å²) in [6.07, 6.45) is 2.20. The zero-order valence-electron chi connectivity index (χ0n) is 10.5. The predicted molar refractivity (Wildman–Crippen MR) is 68.7 cm³/mol. The molecule has 0 radical (unpaired) electrons. The van der Waals surface area contributed by atoms with Gasteiger partial charge in [0.1, 0.15) is 0 Å². The lowest BCUT2D eigenvalue weighted by Gasteiger charge is -2.18. The number of aliphatic hydroxyl groups is 1. The average Bonchev–Trinajstić information content (AvgIpc) is 2.82. The molecule has 1 saturated heterocycles. The highest BCUT2D eigenvalue weighted by atomic mass is 16.3. The Balaban J connectivity index is 1.64. The quantitative estimate of drug-likeness (QED) is 0.843. The van der Waals surface area contributed by atoms with E-state index < -0.39 is 0 Å². The van der Waals surface area contributed by atoms with Gasteiger partial charge in [-0.15, -0.1) is 0 Å². The maximum atomic E-state index is 9.90. The number of aryl methyl sites for hydroxylation is 1. The Hall–Kier alpha value is -0.860. The van der Waals surface area contributed by atoms with Gasteiger partial charge in [-0.05, 0) is 31.2 Å². The van der Waals surface area contributed by atoms with E-state index in [0.29, 0.717) is 5.92 Å². The second-order valence-electron chi connectivity index (χ2n) is 5.75. The summed E-state index contributed by atoms with van der Waals surface area (Å²) in [6, 6.07) is 8.75. The Kier molecular flexibility index (Phi) is 2.93. The summed E-state index contributed by atoms with van der Waals surface area (Å²) in [6.45, 7) is 5.45. The third kappa shape index (κ3) is 2.24. The Morgan fingerprint density at radius 2 is 2.18 bits per heavy atom. The molecular weight excluding hydrogens is 210 g/mol. The first-order valence-electron chi connectivity index (χ1n) is 6.68. The molecule has 1 heterocycles. The van der Waals surface area contributed by atoms with Crippen molar-refractivity contribution in [3.63, 3.8) is 0 Å². The molecule has 0 aromatic heterocycles. The molecule has 3 rings (SSSR count). The normalized spacial score (nSPS) is 32.9. The second kappa shape index (κ2) is 4.43. The fourth-order valence-electron chi connectivity index (χ4n) is 3.53. The van der Waals surface area contributed by atoms with E-state index in [1.165, 1.54) is 24.1 Å². The van der Waals surface area contributed by atoms with Crippen LogP contribution >= 0.6 is 0 Å². The fraction of sp³-hybridized carbons (Fsp3) is 0.600. The molecule has 1 aromatic carbocycles. The lowest BCUT2D eigenvalue weighted by atomic mass is 10.00. The summed E-state index contributed by atoms with van der Waals surface area (Å²) in [5.74, 6) is 1.29. The summed E-state index contributed by atoms with van der Waals surface area (Å²) in [5.41, 5.74) is 2.74. The van der Waals surface area contributed by atoms with Crippen molar-refractivity contribution in [3.8, 4) is 0 Å². The molecule has 1 aliphatic heterocycles. The molecule has 1 saturated carbocycles. The van der Waals surface area contributed by atoms with Crippen LogP contribution < -0.4 is 0 Å². The topological polar surface area (TPSA) is 23.5 Å². The number of rotatable bonds is 2. The third-order valence-electron chi connectivity index (χ3n) is 4.38. The van der Waals surface area contributed by atoms with Crippen LogP contribution in [0.3, 0.4) is 0 Å². The molecule has 2 heteroatoms. The molecule has 1 aromatic rings. The maximum Gasteiger partial charge on any atom is 0.0583 e. The minimum atomic E-state index is -0.0393. The van der Waals surface area contributed by atoms with Gasteiger partial charge >= 0.3 is 0 Å². The van der Waals surface area contributed by atoms with E-state index in [1.807, 2.05) is 0 Å². The summed E-state index contributed by atoms with van der Waals surface area (Å²) < 4.78 is 0. The van der Waals surface area contributed by atoms with Gasteiger partial charge in [-0.3, -0.25) is 4.90 Å². The first-order valence-corrected chi connectivity index (χ1v) is 6.68. The van der Waals surface area contributed by atoms with Crippen molar-refractivity contribution < 1.29 is 5.11 Å². The lowest BCUT2D eigenvalue weighted by molar-refractivity contribution is 0.123. The number of benzene rings is 1. The van der Waals surface area contributed by atoms with Crippen LogP contribution in [0.2, 0.25) is 0 Å². The van der Waals surface area contributed by atoms with Gasteiger partial charge in [0.05, 0.1) is 6.10 Å². The van der Waals surface area contributed by atoms with E-state index in [-0.39, 0.29) is 6.10 Å². The van der Waals surface area contributed by atoms with Gasteiger partial charge in [-0.2, -0.15) is 0 Å². The smallest absolute Gasteiger partial charge is 0.0583 e. The fourth-order valence-corrected chi connectivity index (χ4v) is 3.53. The number of nitrogens with zero attached hydrogens (tertiary/aromatic N) is 1. The summed E-state index contributed by atoms with van der Waals surface area (Å²) in [7, 11) is 0. The van der Waals surface area contributed by atoms with E-state index in [9.17, 15) is 5.11 Å². The van der Waals surface area contributed by atoms with Gasteiger partial charge < -0.3 is 5.11 Å². The summed E-state index contributed by atoms with van der Waals surface area (Å²) in [5, 5.41) is 9.90. The molecule has 0 bridgehead atoms. The highest BCUT2D eigenvalue weighted by Crippen LogP contribution is 2.38. The zero-order valence-corrected chi connectivity index (χ0v) is 10.5. The molecule has 2 nitrogen and oxygen atoms in total. The van der Waals surface area contributed by atoms with Crippen molar-refractivity contribution in [3.05, 3.63) is 35.4 Å². The van der Waals surface area contributed by atoms with Gasteiger partial charge in [0, 0.05) is 25.6 Å². The Labute approximate surface area is 103 Å². The Morgan fingerprint density at radius 1 is 1.29 bits per heavy atom. The van der Waals surface area contributed by atoms with Crippen molar-refractivity contribution in [2.45, 2.75) is 32.4 Å². The maximum absolute atomic E-state index is 9.90. The molecule has 17 heavy (non-hydrogen) atoms. The van der Waals surface area contributed by atoms with Crippen LogP contribution in [-0.2, 0) is 6.54 Å². The molecule has 2 fully saturated rings. The van der Waals surface area contributed by atoms with Crippen molar-refractivity contribution in [1.82, 2.24) is 4.90 Å². The first kappa shape index (κ1) is 11.2. The van der Waals surface area contributed by atoms with Gasteiger partial charge in [0.2, 0.25) is 0 Å². The van der Waals surface area contributed by atoms with Gasteiger partial charge in [-0.1, -0.05) is 29.8 Å². The summed E-state index contributed by atoms with van der Waals surface area (Å²) >= 11 is 0. The van der Waals surface area contributed by atoms with E-state index in [4.69, 9.17) is 0 Å². The Morgan fingerprint density at radius 3 is 2.94 bits per heavy atom. The molecule has 1 N–H and O–H groups in total. The highest BCUT2D eigenvalue weighted by Gasteiger charge is 2.41. The van der Waals surface area contributed by atoms with Crippen molar-refractivity contribution in [1.29, 1.82) is 0 Å². The van der Waals surface area contributed by atoms with Gasteiger partial charge in [-0.25, -0.2) is 0 Å².